The Morgan fingerprint density at radius 1 is 1.33 bits per heavy atom. The minimum atomic E-state index is -3.62. The first-order valence-corrected chi connectivity index (χ1v) is 8.46. The lowest BCUT2D eigenvalue weighted by atomic mass is 9.98. The number of rotatable bonds is 3. The van der Waals surface area contributed by atoms with E-state index >= 15 is 0 Å². The molecule has 1 aliphatic carbocycles. The zero-order valence-electron chi connectivity index (χ0n) is 11.8. The van der Waals surface area contributed by atoms with Gasteiger partial charge in [0.25, 0.3) is 0 Å². The van der Waals surface area contributed by atoms with Gasteiger partial charge >= 0.3 is 0 Å². The molecule has 21 heavy (non-hydrogen) atoms. The van der Waals surface area contributed by atoms with Crippen LogP contribution in [0.2, 0.25) is 0 Å². The van der Waals surface area contributed by atoms with Crippen molar-refractivity contribution in [3.05, 3.63) is 24.0 Å². The lowest BCUT2D eigenvalue weighted by molar-refractivity contribution is 0.384. The van der Waals surface area contributed by atoms with Gasteiger partial charge < -0.3 is 10.5 Å². The van der Waals surface area contributed by atoms with E-state index in [-0.39, 0.29) is 22.6 Å². The summed E-state index contributed by atoms with van der Waals surface area (Å²) in [4.78, 5) is 0.0642. The lowest BCUT2D eigenvalue weighted by Gasteiger charge is -2.19. The van der Waals surface area contributed by atoms with Gasteiger partial charge in [-0.3, -0.25) is 0 Å². The highest BCUT2D eigenvalue weighted by Gasteiger charge is 2.45. The Kier molecular flexibility index (Phi) is 3.67. The fraction of sp³-hybridized carbons (Fsp3) is 0.571. The second-order valence-corrected chi connectivity index (χ2v) is 7.72. The molecule has 2 fully saturated rings. The first-order valence-electron chi connectivity index (χ1n) is 7.02. The molecule has 1 aromatic carbocycles. The van der Waals surface area contributed by atoms with Crippen LogP contribution >= 0.6 is 0 Å². The molecule has 116 valence electrons. The fourth-order valence-electron chi connectivity index (χ4n) is 3.41. The third-order valence-corrected chi connectivity index (χ3v) is 6.47. The van der Waals surface area contributed by atoms with Crippen LogP contribution in [0.1, 0.15) is 12.8 Å². The van der Waals surface area contributed by atoms with E-state index in [1.54, 1.807) is 0 Å². The molecule has 1 aliphatic heterocycles. The van der Waals surface area contributed by atoms with Crippen molar-refractivity contribution < 1.29 is 17.5 Å². The Labute approximate surface area is 123 Å². The molecule has 3 rings (SSSR count). The largest absolute Gasteiger partial charge is 0.494 e. The van der Waals surface area contributed by atoms with Crippen molar-refractivity contribution in [2.45, 2.75) is 23.8 Å². The van der Waals surface area contributed by atoms with E-state index < -0.39 is 15.8 Å². The van der Waals surface area contributed by atoms with Gasteiger partial charge in [0.15, 0.2) is 11.6 Å². The third kappa shape index (κ3) is 2.43. The quantitative estimate of drug-likeness (QED) is 0.909. The number of benzene rings is 1. The molecule has 1 saturated carbocycles. The summed E-state index contributed by atoms with van der Waals surface area (Å²) in [5.41, 5.74) is 6.04. The lowest BCUT2D eigenvalue weighted by Crippen LogP contribution is -2.33. The van der Waals surface area contributed by atoms with E-state index in [2.05, 4.69) is 0 Å². The number of nitrogens with two attached hydrogens (primary N) is 1. The maximum Gasteiger partial charge on any atom is 0.243 e. The van der Waals surface area contributed by atoms with Crippen LogP contribution in [-0.4, -0.2) is 39.0 Å². The minimum absolute atomic E-state index is 0.0628. The SMILES string of the molecule is COc1cc(S(=O)(=O)N2CC3CCC(N)C3C2)ccc1F. The monoisotopic (exact) mass is 314 g/mol. The number of halogens is 1. The highest BCUT2D eigenvalue weighted by molar-refractivity contribution is 7.89. The van der Waals surface area contributed by atoms with Crippen molar-refractivity contribution in [3.8, 4) is 5.75 Å². The molecule has 1 aromatic rings. The van der Waals surface area contributed by atoms with E-state index in [4.69, 9.17) is 10.5 Å². The molecule has 3 atom stereocenters. The Morgan fingerprint density at radius 3 is 2.76 bits per heavy atom. The standard InChI is InChI=1S/C14H19FN2O3S/c1-20-14-6-10(3-4-12(14)15)21(18,19)17-7-9-2-5-13(16)11(9)8-17/h3-4,6,9,11,13H,2,5,7-8,16H2,1H3. The average Bonchev–Trinajstić information content (AvgIpc) is 3.02. The second kappa shape index (κ2) is 5.23. The maximum absolute atomic E-state index is 13.4. The van der Waals surface area contributed by atoms with Gasteiger partial charge in [-0.1, -0.05) is 0 Å². The number of hydrogen-bond donors (Lipinski definition) is 1. The predicted molar refractivity (Wildman–Crippen MR) is 75.9 cm³/mol. The molecule has 1 saturated heterocycles. The first-order chi connectivity index (χ1) is 9.93. The van der Waals surface area contributed by atoms with Crippen molar-refractivity contribution in [2.24, 2.45) is 17.6 Å². The first kappa shape index (κ1) is 14.7. The Bertz CT molecular complexity index is 650. The van der Waals surface area contributed by atoms with Crippen LogP contribution in [0.25, 0.3) is 0 Å². The van der Waals surface area contributed by atoms with Gasteiger partial charge in [0.2, 0.25) is 10.0 Å². The number of methoxy groups -OCH3 is 1. The number of fused-ring (bicyclic) bond motifs is 1. The molecule has 1 heterocycles. The highest BCUT2D eigenvalue weighted by Crippen LogP contribution is 2.39. The summed E-state index contributed by atoms with van der Waals surface area (Å²) in [7, 11) is -2.31. The number of ether oxygens (including phenoxy) is 1. The summed E-state index contributed by atoms with van der Waals surface area (Å²) in [5, 5.41) is 0. The van der Waals surface area contributed by atoms with Gasteiger partial charge in [-0.2, -0.15) is 4.31 Å². The van der Waals surface area contributed by atoms with Crippen molar-refractivity contribution in [2.75, 3.05) is 20.2 Å². The van der Waals surface area contributed by atoms with Crippen LogP contribution in [0, 0.1) is 17.7 Å². The Balaban J connectivity index is 1.88. The van der Waals surface area contributed by atoms with Crippen molar-refractivity contribution in [1.82, 2.24) is 4.31 Å². The fourth-order valence-corrected chi connectivity index (χ4v) is 4.96. The van der Waals surface area contributed by atoms with Crippen LogP contribution in [0.3, 0.4) is 0 Å². The van der Waals surface area contributed by atoms with Crippen LogP contribution in [0.15, 0.2) is 23.1 Å². The molecule has 3 unspecified atom stereocenters. The van der Waals surface area contributed by atoms with E-state index in [1.165, 1.54) is 23.5 Å². The molecule has 2 aliphatic rings. The molecular formula is C14H19FN2O3S. The Hall–Kier alpha value is -1.18. The zero-order chi connectivity index (χ0) is 15.2. The molecule has 0 bridgehead atoms. The third-order valence-electron chi connectivity index (χ3n) is 4.64. The summed E-state index contributed by atoms with van der Waals surface area (Å²) < 4.78 is 45.1. The van der Waals surface area contributed by atoms with Gasteiger partial charge in [-0.05, 0) is 36.8 Å². The van der Waals surface area contributed by atoms with Crippen molar-refractivity contribution in [1.29, 1.82) is 0 Å². The molecule has 5 nitrogen and oxygen atoms in total. The van der Waals surface area contributed by atoms with E-state index in [9.17, 15) is 12.8 Å². The maximum atomic E-state index is 13.4. The van der Waals surface area contributed by atoms with Crippen LogP contribution < -0.4 is 10.5 Å². The minimum Gasteiger partial charge on any atom is -0.494 e. The van der Waals surface area contributed by atoms with E-state index in [0.717, 1.165) is 18.9 Å². The van der Waals surface area contributed by atoms with Crippen molar-refractivity contribution >= 4 is 10.0 Å². The number of sulfonamides is 1. The van der Waals surface area contributed by atoms with E-state index in [0.29, 0.717) is 19.0 Å². The van der Waals surface area contributed by atoms with E-state index in [1.807, 2.05) is 0 Å². The molecule has 0 aromatic heterocycles. The number of hydrogen-bond acceptors (Lipinski definition) is 4. The summed E-state index contributed by atoms with van der Waals surface area (Å²) >= 11 is 0. The van der Waals surface area contributed by atoms with Gasteiger partial charge in [0.1, 0.15) is 0 Å². The summed E-state index contributed by atoms with van der Waals surface area (Å²) in [6.07, 6.45) is 1.94. The number of nitrogens with zero attached hydrogens (tertiary/aromatic N) is 1. The topological polar surface area (TPSA) is 72.6 Å². The van der Waals surface area contributed by atoms with Gasteiger partial charge in [0.05, 0.1) is 12.0 Å². The smallest absolute Gasteiger partial charge is 0.243 e. The summed E-state index contributed by atoms with van der Waals surface area (Å²) in [6.45, 7) is 0.953. The molecule has 2 N–H and O–H groups in total. The van der Waals surface area contributed by atoms with Gasteiger partial charge in [-0.15, -0.1) is 0 Å². The second-order valence-electron chi connectivity index (χ2n) is 5.78. The average molecular weight is 314 g/mol. The summed E-state index contributed by atoms with van der Waals surface area (Å²) in [6, 6.07) is 3.71. The molecular weight excluding hydrogens is 295 g/mol. The molecule has 7 heteroatoms. The molecule has 0 radical (unpaired) electrons. The normalized spacial score (nSPS) is 29.6. The van der Waals surface area contributed by atoms with Crippen molar-refractivity contribution in [3.63, 3.8) is 0 Å². The van der Waals surface area contributed by atoms with Crippen LogP contribution in [0.4, 0.5) is 4.39 Å². The van der Waals surface area contributed by atoms with Crippen LogP contribution in [-0.2, 0) is 10.0 Å². The predicted octanol–water partition coefficient (Wildman–Crippen LogP) is 1.19. The van der Waals surface area contributed by atoms with Gasteiger partial charge in [-0.25, -0.2) is 12.8 Å². The zero-order valence-corrected chi connectivity index (χ0v) is 12.6. The molecule has 0 spiro atoms. The van der Waals surface area contributed by atoms with Crippen LogP contribution in [0.5, 0.6) is 5.75 Å². The summed E-state index contributed by atoms with van der Waals surface area (Å²) in [5.74, 6) is -0.0526. The Morgan fingerprint density at radius 2 is 2.10 bits per heavy atom. The highest BCUT2D eigenvalue weighted by atomic mass is 32.2. The molecule has 0 amide bonds. The van der Waals surface area contributed by atoms with Gasteiger partial charge in [0, 0.05) is 25.2 Å².